The molecule has 1 aromatic rings. The van der Waals surface area contributed by atoms with E-state index in [1.54, 1.807) is 6.92 Å². The third-order valence-corrected chi connectivity index (χ3v) is 4.78. The first-order valence-electron chi connectivity index (χ1n) is 6.27. The Morgan fingerprint density at radius 1 is 1.38 bits per heavy atom. The van der Waals surface area contributed by atoms with Crippen LogP contribution in [0, 0.1) is 0 Å². The Balaban J connectivity index is 2.71. The number of nitrogens with one attached hydrogen (secondary N) is 1. The van der Waals surface area contributed by atoms with Crippen LogP contribution in [0.15, 0.2) is 29.2 Å². The Hall–Kier alpha value is -1.15. The molecule has 1 atom stereocenters. The van der Waals surface area contributed by atoms with E-state index in [2.05, 4.69) is 5.32 Å². The summed E-state index contributed by atoms with van der Waals surface area (Å²) in [7, 11) is -0.837. The standard InChI is InChI=1S/C13H19ClN2O4S/c1-10(9-20-3)15-13(17)8-16(2)21(18,19)12-6-4-11(14)5-7-12/h4-7,10H,8-9H2,1-3H3,(H,15,17)/t10-/m0/s1. The summed E-state index contributed by atoms with van der Waals surface area (Å²) in [6, 6.07) is 5.60. The minimum atomic E-state index is -3.72. The van der Waals surface area contributed by atoms with E-state index in [4.69, 9.17) is 16.3 Å². The number of amides is 1. The largest absolute Gasteiger partial charge is 0.383 e. The minimum absolute atomic E-state index is 0.0899. The van der Waals surface area contributed by atoms with Gasteiger partial charge in [-0.15, -0.1) is 0 Å². The second kappa shape index (κ2) is 7.74. The SMILES string of the molecule is COC[C@H](C)NC(=O)CN(C)S(=O)(=O)c1ccc(Cl)cc1. The number of hydrogen-bond acceptors (Lipinski definition) is 4. The lowest BCUT2D eigenvalue weighted by Crippen LogP contribution is -2.43. The number of carbonyl (C=O) groups is 1. The zero-order valence-electron chi connectivity index (χ0n) is 12.2. The second-order valence-electron chi connectivity index (χ2n) is 4.64. The monoisotopic (exact) mass is 334 g/mol. The molecule has 0 saturated carbocycles. The lowest BCUT2D eigenvalue weighted by Gasteiger charge is -2.19. The highest BCUT2D eigenvalue weighted by Gasteiger charge is 2.23. The molecular weight excluding hydrogens is 316 g/mol. The first-order valence-corrected chi connectivity index (χ1v) is 8.09. The Morgan fingerprint density at radius 3 is 2.48 bits per heavy atom. The van der Waals surface area contributed by atoms with E-state index in [1.165, 1.54) is 38.4 Å². The molecule has 0 heterocycles. The van der Waals surface area contributed by atoms with E-state index in [1.807, 2.05) is 0 Å². The van der Waals surface area contributed by atoms with Gasteiger partial charge in [0.1, 0.15) is 0 Å². The molecule has 21 heavy (non-hydrogen) atoms. The molecule has 6 nitrogen and oxygen atoms in total. The maximum atomic E-state index is 12.3. The summed E-state index contributed by atoms with van der Waals surface area (Å²) in [6.07, 6.45) is 0. The number of carbonyl (C=O) groups excluding carboxylic acids is 1. The first-order chi connectivity index (χ1) is 9.77. The van der Waals surface area contributed by atoms with E-state index in [0.29, 0.717) is 11.6 Å². The molecule has 1 amide bonds. The van der Waals surface area contributed by atoms with E-state index < -0.39 is 10.0 Å². The van der Waals surface area contributed by atoms with Crippen LogP contribution in [0.4, 0.5) is 0 Å². The van der Waals surface area contributed by atoms with Crippen molar-refractivity contribution in [3.63, 3.8) is 0 Å². The molecule has 8 heteroatoms. The van der Waals surface area contributed by atoms with Crippen molar-refractivity contribution < 1.29 is 17.9 Å². The van der Waals surface area contributed by atoms with Crippen LogP contribution < -0.4 is 5.32 Å². The van der Waals surface area contributed by atoms with Gasteiger partial charge in [0.25, 0.3) is 0 Å². The predicted molar refractivity (Wildman–Crippen MR) is 80.7 cm³/mol. The first kappa shape index (κ1) is 17.9. The van der Waals surface area contributed by atoms with Gasteiger partial charge in [-0.3, -0.25) is 4.79 Å². The van der Waals surface area contributed by atoms with Crippen molar-refractivity contribution >= 4 is 27.5 Å². The molecule has 0 aliphatic carbocycles. The van der Waals surface area contributed by atoms with Crippen LogP contribution in [0.3, 0.4) is 0 Å². The van der Waals surface area contributed by atoms with Gasteiger partial charge in [-0.05, 0) is 31.2 Å². The fourth-order valence-electron chi connectivity index (χ4n) is 1.69. The molecule has 0 spiro atoms. The smallest absolute Gasteiger partial charge is 0.243 e. The molecule has 0 aliphatic heterocycles. The fourth-order valence-corrected chi connectivity index (χ4v) is 2.94. The molecule has 0 fully saturated rings. The lowest BCUT2D eigenvalue weighted by atomic mass is 10.3. The highest BCUT2D eigenvalue weighted by atomic mass is 35.5. The molecule has 0 aliphatic rings. The van der Waals surface area contributed by atoms with Crippen molar-refractivity contribution in [3.8, 4) is 0 Å². The van der Waals surface area contributed by atoms with Crippen molar-refractivity contribution in [2.45, 2.75) is 17.9 Å². The van der Waals surface area contributed by atoms with Crippen LogP contribution in [0.1, 0.15) is 6.92 Å². The van der Waals surface area contributed by atoms with Crippen LogP contribution in [0.2, 0.25) is 5.02 Å². The summed E-state index contributed by atoms with van der Waals surface area (Å²) in [5.74, 6) is -0.389. The predicted octanol–water partition coefficient (Wildman–Crippen LogP) is 1.11. The van der Waals surface area contributed by atoms with E-state index >= 15 is 0 Å². The normalized spacial score (nSPS) is 13.2. The third kappa shape index (κ3) is 5.28. The van der Waals surface area contributed by atoms with Crippen LogP contribution >= 0.6 is 11.6 Å². The van der Waals surface area contributed by atoms with Gasteiger partial charge in [0, 0.05) is 25.2 Å². The van der Waals surface area contributed by atoms with Crippen LogP contribution in [0.5, 0.6) is 0 Å². The van der Waals surface area contributed by atoms with Gasteiger partial charge in [0.15, 0.2) is 0 Å². The summed E-state index contributed by atoms with van der Waals surface area (Å²) in [5, 5.41) is 3.10. The molecular formula is C13H19ClN2O4S. The molecule has 1 rings (SSSR count). The zero-order valence-corrected chi connectivity index (χ0v) is 13.7. The number of ether oxygens (including phenoxy) is 1. The van der Waals surface area contributed by atoms with Gasteiger partial charge in [-0.25, -0.2) is 8.42 Å². The summed E-state index contributed by atoms with van der Waals surface area (Å²) >= 11 is 5.73. The number of methoxy groups -OCH3 is 1. The molecule has 1 aromatic carbocycles. The van der Waals surface area contributed by atoms with E-state index in [0.717, 1.165) is 4.31 Å². The molecule has 0 saturated heterocycles. The molecule has 0 unspecified atom stereocenters. The number of rotatable bonds is 7. The molecule has 1 N–H and O–H groups in total. The minimum Gasteiger partial charge on any atom is -0.383 e. The highest BCUT2D eigenvalue weighted by Crippen LogP contribution is 2.17. The van der Waals surface area contributed by atoms with Crippen LogP contribution in [-0.4, -0.2) is 52.0 Å². The van der Waals surface area contributed by atoms with Crippen molar-refractivity contribution in [1.29, 1.82) is 0 Å². The Morgan fingerprint density at radius 2 is 1.95 bits per heavy atom. The number of halogens is 1. The molecule has 0 bridgehead atoms. The highest BCUT2D eigenvalue weighted by molar-refractivity contribution is 7.89. The number of nitrogens with zero attached hydrogens (tertiary/aromatic N) is 1. The van der Waals surface area contributed by atoms with Gasteiger partial charge in [-0.2, -0.15) is 4.31 Å². The maximum absolute atomic E-state index is 12.3. The Kier molecular flexibility index (Phi) is 6.60. The molecule has 0 radical (unpaired) electrons. The van der Waals surface area contributed by atoms with Crippen molar-refractivity contribution in [1.82, 2.24) is 9.62 Å². The molecule has 118 valence electrons. The van der Waals surface area contributed by atoms with Gasteiger partial charge in [-0.1, -0.05) is 11.6 Å². The van der Waals surface area contributed by atoms with Crippen molar-refractivity contribution in [2.24, 2.45) is 0 Å². The zero-order chi connectivity index (χ0) is 16.0. The fraction of sp³-hybridized carbons (Fsp3) is 0.462. The van der Waals surface area contributed by atoms with Gasteiger partial charge < -0.3 is 10.1 Å². The quantitative estimate of drug-likeness (QED) is 0.810. The van der Waals surface area contributed by atoms with Gasteiger partial charge >= 0.3 is 0 Å². The number of sulfonamides is 1. The third-order valence-electron chi connectivity index (χ3n) is 2.71. The van der Waals surface area contributed by atoms with Crippen molar-refractivity contribution in [2.75, 3.05) is 27.3 Å². The van der Waals surface area contributed by atoms with Gasteiger partial charge in [0.05, 0.1) is 18.0 Å². The van der Waals surface area contributed by atoms with Gasteiger partial charge in [0.2, 0.25) is 15.9 Å². The average Bonchev–Trinajstić information content (AvgIpc) is 2.39. The molecule has 0 aromatic heterocycles. The summed E-state index contributed by atoms with van der Waals surface area (Å²) in [5.41, 5.74) is 0. The topological polar surface area (TPSA) is 75.7 Å². The Labute approximate surface area is 130 Å². The number of hydrogen-bond donors (Lipinski definition) is 1. The number of likely N-dealkylation sites (N-methyl/N-ethyl adjacent to an activating group) is 1. The van der Waals surface area contributed by atoms with Crippen molar-refractivity contribution in [3.05, 3.63) is 29.3 Å². The second-order valence-corrected chi connectivity index (χ2v) is 7.12. The maximum Gasteiger partial charge on any atom is 0.243 e. The summed E-state index contributed by atoms with van der Waals surface area (Å²) in [4.78, 5) is 11.9. The van der Waals surface area contributed by atoms with Crippen LogP contribution in [-0.2, 0) is 19.6 Å². The summed E-state index contributed by atoms with van der Waals surface area (Å²) in [6.45, 7) is 1.87. The average molecular weight is 335 g/mol. The number of benzene rings is 1. The summed E-state index contributed by atoms with van der Waals surface area (Å²) < 4.78 is 30.4. The Bertz CT molecular complexity index is 574. The van der Waals surface area contributed by atoms with Crippen LogP contribution in [0.25, 0.3) is 0 Å². The van der Waals surface area contributed by atoms with E-state index in [-0.39, 0.29) is 23.4 Å². The lowest BCUT2D eigenvalue weighted by molar-refractivity contribution is -0.122. The van der Waals surface area contributed by atoms with E-state index in [9.17, 15) is 13.2 Å².